The number of hydrogen-bond acceptors (Lipinski definition) is 4. The molecule has 0 aliphatic carbocycles. The van der Waals surface area contributed by atoms with Crippen LogP contribution in [-0.4, -0.2) is 25.0 Å². The lowest BCUT2D eigenvalue weighted by Crippen LogP contribution is -2.29. The maximum Gasteiger partial charge on any atom is 0.341 e. The van der Waals surface area contributed by atoms with E-state index in [4.69, 9.17) is 10.5 Å². The number of benzene rings is 1. The Morgan fingerprint density at radius 2 is 2.11 bits per heavy atom. The van der Waals surface area contributed by atoms with E-state index in [1.807, 2.05) is 6.92 Å². The van der Waals surface area contributed by atoms with Gasteiger partial charge in [-0.3, -0.25) is 4.79 Å². The van der Waals surface area contributed by atoms with Crippen molar-refractivity contribution in [3.8, 4) is 0 Å². The third-order valence-corrected chi connectivity index (χ3v) is 2.40. The SMILES string of the molecule is CCCNC(=O)COC(=O)c1cc(N)cc(C)c1F. The molecular formula is C13H17FN2O3. The number of anilines is 1. The fourth-order valence-corrected chi connectivity index (χ4v) is 1.47. The first-order valence-corrected chi connectivity index (χ1v) is 5.95. The molecule has 0 atom stereocenters. The molecule has 0 spiro atoms. The van der Waals surface area contributed by atoms with Gasteiger partial charge in [-0.25, -0.2) is 9.18 Å². The minimum Gasteiger partial charge on any atom is -0.452 e. The molecule has 0 bridgehead atoms. The molecule has 6 heteroatoms. The summed E-state index contributed by atoms with van der Waals surface area (Å²) < 4.78 is 18.4. The van der Waals surface area contributed by atoms with Crippen molar-refractivity contribution in [3.63, 3.8) is 0 Å². The summed E-state index contributed by atoms with van der Waals surface area (Å²) in [5, 5.41) is 2.54. The van der Waals surface area contributed by atoms with Gasteiger partial charge >= 0.3 is 5.97 Å². The van der Waals surface area contributed by atoms with Crippen molar-refractivity contribution in [2.45, 2.75) is 20.3 Å². The van der Waals surface area contributed by atoms with Crippen LogP contribution in [0.25, 0.3) is 0 Å². The highest BCUT2D eigenvalue weighted by atomic mass is 19.1. The molecular weight excluding hydrogens is 251 g/mol. The molecule has 0 saturated carbocycles. The fraction of sp³-hybridized carbons (Fsp3) is 0.385. The Morgan fingerprint density at radius 1 is 1.42 bits per heavy atom. The first-order chi connectivity index (χ1) is 8.95. The zero-order chi connectivity index (χ0) is 14.4. The number of rotatable bonds is 5. The minimum absolute atomic E-state index is 0.252. The summed E-state index contributed by atoms with van der Waals surface area (Å²) in [5.41, 5.74) is 5.79. The maximum atomic E-state index is 13.7. The molecule has 0 heterocycles. The third-order valence-electron chi connectivity index (χ3n) is 2.40. The van der Waals surface area contributed by atoms with E-state index in [0.29, 0.717) is 6.54 Å². The van der Waals surface area contributed by atoms with Crippen LogP contribution in [0, 0.1) is 12.7 Å². The monoisotopic (exact) mass is 268 g/mol. The number of hydrogen-bond donors (Lipinski definition) is 2. The lowest BCUT2D eigenvalue weighted by molar-refractivity contribution is -0.124. The van der Waals surface area contributed by atoms with Gasteiger partial charge in [0.25, 0.3) is 5.91 Å². The summed E-state index contributed by atoms with van der Waals surface area (Å²) in [5.74, 6) is -2.01. The van der Waals surface area contributed by atoms with Gasteiger partial charge in [0.2, 0.25) is 0 Å². The molecule has 0 fully saturated rings. The second kappa shape index (κ2) is 6.72. The predicted molar refractivity (Wildman–Crippen MR) is 69.1 cm³/mol. The van der Waals surface area contributed by atoms with Crippen molar-refractivity contribution >= 4 is 17.6 Å². The number of aryl methyl sites for hydroxylation is 1. The number of ether oxygens (including phenoxy) is 1. The summed E-state index contributed by atoms with van der Waals surface area (Å²) in [7, 11) is 0. The normalized spacial score (nSPS) is 10.1. The van der Waals surface area contributed by atoms with E-state index in [2.05, 4.69) is 5.32 Å². The molecule has 0 aromatic heterocycles. The number of halogens is 1. The zero-order valence-electron chi connectivity index (χ0n) is 11.0. The van der Waals surface area contributed by atoms with E-state index in [1.54, 1.807) is 0 Å². The third kappa shape index (κ3) is 4.24. The molecule has 104 valence electrons. The van der Waals surface area contributed by atoms with Gasteiger partial charge in [-0.2, -0.15) is 0 Å². The number of nitrogen functional groups attached to an aromatic ring is 1. The number of nitrogens with one attached hydrogen (secondary N) is 1. The van der Waals surface area contributed by atoms with Crippen LogP contribution in [-0.2, 0) is 9.53 Å². The van der Waals surface area contributed by atoms with Crippen LogP contribution >= 0.6 is 0 Å². The average molecular weight is 268 g/mol. The highest BCUT2D eigenvalue weighted by Gasteiger charge is 2.17. The summed E-state index contributed by atoms with van der Waals surface area (Å²) in [6, 6.07) is 2.61. The minimum atomic E-state index is -0.903. The van der Waals surface area contributed by atoms with Gasteiger partial charge < -0.3 is 15.8 Å². The predicted octanol–water partition coefficient (Wildman–Crippen LogP) is 1.40. The molecule has 3 N–H and O–H groups in total. The molecule has 0 radical (unpaired) electrons. The summed E-state index contributed by atoms with van der Waals surface area (Å²) in [4.78, 5) is 22.9. The molecule has 1 aromatic rings. The van der Waals surface area contributed by atoms with Crippen LogP contribution in [0.3, 0.4) is 0 Å². The van der Waals surface area contributed by atoms with Gasteiger partial charge in [-0.1, -0.05) is 6.92 Å². The molecule has 0 aliphatic heterocycles. The quantitative estimate of drug-likeness (QED) is 0.624. The number of nitrogens with two attached hydrogens (primary N) is 1. The van der Waals surface area contributed by atoms with Gasteiger partial charge in [-0.15, -0.1) is 0 Å². The Balaban J connectivity index is 2.66. The Kier molecular flexibility index (Phi) is 5.29. The van der Waals surface area contributed by atoms with Gasteiger partial charge in [0.05, 0.1) is 5.56 Å². The van der Waals surface area contributed by atoms with Crippen molar-refractivity contribution in [1.29, 1.82) is 0 Å². The van der Waals surface area contributed by atoms with Crippen molar-refractivity contribution < 1.29 is 18.7 Å². The van der Waals surface area contributed by atoms with E-state index < -0.39 is 24.3 Å². The lowest BCUT2D eigenvalue weighted by atomic mass is 10.1. The van der Waals surface area contributed by atoms with Gasteiger partial charge in [0.15, 0.2) is 6.61 Å². The van der Waals surface area contributed by atoms with Crippen molar-refractivity contribution in [2.75, 3.05) is 18.9 Å². The second-order valence-corrected chi connectivity index (χ2v) is 4.13. The highest BCUT2D eigenvalue weighted by Crippen LogP contribution is 2.17. The first-order valence-electron chi connectivity index (χ1n) is 5.95. The van der Waals surface area contributed by atoms with Gasteiger partial charge in [0, 0.05) is 12.2 Å². The van der Waals surface area contributed by atoms with E-state index in [0.717, 1.165) is 6.42 Å². The summed E-state index contributed by atoms with van der Waals surface area (Å²) >= 11 is 0. The van der Waals surface area contributed by atoms with E-state index in [-0.39, 0.29) is 16.8 Å². The average Bonchev–Trinajstić information content (AvgIpc) is 2.37. The topological polar surface area (TPSA) is 81.4 Å². The van der Waals surface area contributed by atoms with Crippen LogP contribution < -0.4 is 11.1 Å². The first kappa shape index (κ1) is 14.9. The smallest absolute Gasteiger partial charge is 0.341 e. The van der Waals surface area contributed by atoms with E-state index >= 15 is 0 Å². The Morgan fingerprint density at radius 3 is 2.74 bits per heavy atom. The van der Waals surface area contributed by atoms with Crippen LogP contribution in [0.2, 0.25) is 0 Å². The fourth-order valence-electron chi connectivity index (χ4n) is 1.47. The maximum absolute atomic E-state index is 13.7. The van der Waals surface area contributed by atoms with Crippen molar-refractivity contribution in [1.82, 2.24) is 5.32 Å². The second-order valence-electron chi connectivity index (χ2n) is 4.13. The standard InChI is InChI=1S/C13H17FN2O3/c1-3-4-16-11(17)7-19-13(18)10-6-9(15)5-8(2)12(10)14/h5-6H,3-4,7,15H2,1-2H3,(H,16,17). The molecule has 1 amide bonds. The highest BCUT2D eigenvalue weighted by molar-refractivity contribution is 5.92. The molecule has 5 nitrogen and oxygen atoms in total. The van der Waals surface area contributed by atoms with Crippen molar-refractivity contribution in [2.24, 2.45) is 0 Å². The molecule has 0 unspecified atom stereocenters. The number of carbonyl (C=O) groups excluding carboxylic acids is 2. The molecule has 0 aliphatic rings. The van der Waals surface area contributed by atoms with Crippen LogP contribution in [0.4, 0.5) is 10.1 Å². The van der Waals surface area contributed by atoms with E-state index in [1.165, 1.54) is 19.1 Å². The van der Waals surface area contributed by atoms with Crippen LogP contribution in [0.1, 0.15) is 29.3 Å². The molecule has 0 saturated heterocycles. The van der Waals surface area contributed by atoms with Gasteiger partial charge in [0.1, 0.15) is 5.82 Å². The summed E-state index contributed by atoms with van der Waals surface area (Å²) in [6.07, 6.45) is 0.780. The molecule has 1 rings (SSSR count). The van der Waals surface area contributed by atoms with Crippen LogP contribution in [0.15, 0.2) is 12.1 Å². The Labute approximate surface area is 110 Å². The number of amides is 1. The molecule has 19 heavy (non-hydrogen) atoms. The van der Waals surface area contributed by atoms with Gasteiger partial charge in [-0.05, 0) is 31.0 Å². The van der Waals surface area contributed by atoms with Crippen LogP contribution in [0.5, 0.6) is 0 Å². The molecule has 1 aromatic carbocycles. The van der Waals surface area contributed by atoms with Crippen molar-refractivity contribution in [3.05, 3.63) is 29.1 Å². The zero-order valence-corrected chi connectivity index (χ0v) is 11.0. The summed E-state index contributed by atoms with van der Waals surface area (Å²) in [6.45, 7) is 3.46. The lowest BCUT2D eigenvalue weighted by Gasteiger charge is -2.08. The Hall–Kier alpha value is -2.11. The largest absolute Gasteiger partial charge is 0.452 e. The number of esters is 1. The number of carbonyl (C=O) groups is 2. The Bertz CT molecular complexity index is 489. The van der Waals surface area contributed by atoms with E-state index in [9.17, 15) is 14.0 Å².